The Kier molecular flexibility index (Phi) is 2.32. The zero-order valence-electron chi connectivity index (χ0n) is 10.3. The SMILES string of the molecule is CC1(C)CC2(C)OC(=NBr)C1(C#N)C2(C#N)C#N. The standard InChI is InChI=1S/C12H11BrN4O/c1-9(2)4-10(3)11(5-14,6-15)12(9,7-16)8(17-13)18-10/h4H2,1-3H3. The van der Waals surface area contributed by atoms with Gasteiger partial charge >= 0.3 is 0 Å². The van der Waals surface area contributed by atoms with E-state index in [0.29, 0.717) is 6.42 Å². The van der Waals surface area contributed by atoms with E-state index in [0.717, 1.165) is 0 Å². The molecule has 6 heteroatoms. The molecule has 1 saturated carbocycles. The molecule has 2 atom stereocenters. The van der Waals surface area contributed by atoms with Crippen LogP contribution in [0.15, 0.2) is 4.02 Å². The first-order valence-corrected chi connectivity index (χ1v) is 6.14. The third-order valence-corrected chi connectivity index (χ3v) is 4.69. The van der Waals surface area contributed by atoms with E-state index >= 15 is 0 Å². The van der Waals surface area contributed by atoms with E-state index in [-0.39, 0.29) is 5.90 Å². The summed E-state index contributed by atoms with van der Waals surface area (Å²) in [5.41, 5.74) is -4.46. The lowest BCUT2D eigenvalue weighted by molar-refractivity contribution is 0.0391. The van der Waals surface area contributed by atoms with E-state index in [4.69, 9.17) is 4.74 Å². The smallest absolute Gasteiger partial charge is 0.220 e. The second-order valence-corrected chi connectivity index (χ2v) is 5.97. The molecule has 0 aromatic rings. The first-order valence-electron chi connectivity index (χ1n) is 5.43. The molecule has 1 heterocycles. The van der Waals surface area contributed by atoms with Crippen LogP contribution in [0.25, 0.3) is 0 Å². The van der Waals surface area contributed by atoms with Crippen LogP contribution in [0.2, 0.25) is 0 Å². The highest BCUT2D eigenvalue weighted by atomic mass is 79.9. The largest absolute Gasteiger partial charge is 0.470 e. The number of fused-ring (bicyclic) bond motifs is 2. The van der Waals surface area contributed by atoms with Gasteiger partial charge in [0.05, 0.1) is 34.4 Å². The molecule has 1 aliphatic carbocycles. The van der Waals surface area contributed by atoms with E-state index in [2.05, 4.69) is 26.2 Å². The summed E-state index contributed by atoms with van der Waals surface area (Å²) in [5, 5.41) is 28.7. The van der Waals surface area contributed by atoms with Crippen LogP contribution in [0.3, 0.4) is 0 Å². The maximum Gasteiger partial charge on any atom is 0.220 e. The molecule has 2 fully saturated rings. The predicted molar refractivity (Wildman–Crippen MR) is 66.0 cm³/mol. The Morgan fingerprint density at radius 3 is 2.11 bits per heavy atom. The van der Waals surface area contributed by atoms with Crippen LogP contribution in [-0.4, -0.2) is 11.5 Å². The Morgan fingerprint density at radius 1 is 1.17 bits per heavy atom. The number of rotatable bonds is 0. The number of halogens is 1. The molecule has 2 bridgehead atoms. The molecule has 1 saturated heterocycles. The zero-order chi connectivity index (χ0) is 13.8. The summed E-state index contributed by atoms with van der Waals surface area (Å²) in [5.74, 6) is 0.131. The Bertz CT molecular complexity index is 562. The summed E-state index contributed by atoms with van der Waals surface area (Å²) in [6.45, 7) is 5.43. The van der Waals surface area contributed by atoms with Crippen molar-refractivity contribution in [3.63, 3.8) is 0 Å². The van der Waals surface area contributed by atoms with Gasteiger partial charge in [-0.25, -0.2) is 0 Å². The topological polar surface area (TPSA) is 93.0 Å². The van der Waals surface area contributed by atoms with Gasteiger partial charge in [-0.1, -0.05) is 13.8 Å². The van der Waals surface area contributed by atoms with Gasteiger partial charge in [0.1, 0.15) is 5.60 Å². The van der Waals surface area contributed by atoms with Gasteiger partial charge in [-0.2, -0.15) is 19.8 Å². The zero-order valence-corrected chi connectivity index (χ0v) is 11.9. The van der Waals surface area contributed by atoms with E-state index in [1.54, 1.807) is 6.92 Å². The van der Waals surface area contributed by atoms with Crippen molar-refractivity contribution in [2.75, 3.05) is 0 Å². The Labute approximate surface area is 114 Å². The number of hydrogen-bond donors (Lipinski definition) is 0. The summed E-state index contributed by atoms with van der Waals surface area (Å²) in [6, 6.07) is 6.21. The van der Waals surface area contributed by atoms with E-state index in [1.165, 1.54) is 0 Å². The molecule has 92 valence electrons. The molecule has 18 heavy (non-hydrogen) atoms. The maximum atomic E-state index is 9.66. The molecule has 2 unspecified atom stereocenters. The van der Waals surface area contributed by atoms with Crippen molar-refractivity contribution in [3.05, 3.63) is 0 Å². The van der Waals surface area contributed by atoms with Crippen molar-refractivity contribution in [2.24, 2.45) is 20.3 Å². The van der Waals surface area contributed by atoms with Gasteiger partial charge in [-0.15, -0.1) is 0 Å². The fraction of sp³-hybridized carbons (Fsp3) is 0.667. The lowest BCUT2D eigenvalue weighted by atomic mass is 9.58. The van der Waals surface area contributed by atoms with Gasteiger partial charge < -0.3 is 4.74 Å². The second-order valence-electron chi connectivity index (χ2n) is 5.62. The molecule has 2 rings (SSSR count). The summed E-state index contributed by atoms with van der Waals surface area (Å²) in [7, 11) is 0. The van der Waals surface area contributed by atoms with Crippen LogP contribution in [0.4, 0.5) is 0 Å². The third-order valence-electron chi connectivity index (χ3n) is 4.37. The first kappa shape index (κ1) is 12.9. The fourth-order valence-corrected chi connectivity index (χ4v) is 4.00. The molecule has 2 aliphatic rings. The summed E-state index contributed by atoms with van der Waals surface area (Å²) < 4.78 is 9.49. The molecule has 0 amide bonds. The molecule has 5 nitrogen and oxygen atoms in total. The van der Waals surface area contributed by atoms with E-state index < -0.39 is 21.8 Å². The molecule has 0 aromatic heterocycles. The van der Waals surface area contributed by atoms with Crippen molar-refractivity contribution in [2.45, 2.75) is 32.8 Å². The highest BCUT2D eigenvalue weighted by Crippen LogP contribution is 2.72. The van der Waals surface area contributed by atoms with Gasteiger partial charge in [-0.3, -0.25) is 0 Å². The molecule has 0 radical (unpaired) electrons. The van der Waals surface area contributed by atoms with Crippen LogP contribution >= 0.6 is 16.1 Å². The van der Waals surface area contributed by atoms with Crippen LogP contribution in [0.5, 0.6) is 0 Å². The van der Waals surface area contributed by atoms with Crippen molar-refractivity contribution >= 4 is 22.0 Å². The first-order chi connectivity index (χ1) is 8.30. The van der Waals surface area contributed by atoms with Gasteiger partial charge in [0.2, 0.25) is 11.3 Å². The van der Waals surface area contributed by atoms with E-state index in [1.807, 2.05) is 26.0 Å². The van der Waals surface area contributed by atoms with Crippen molar-refractivity contribution in [1.29, 1.82) is 15.8 Å². The number of nitriles is 3. The summed E-state index contributed by atoms with van der Waals surface area (Å²) >= 11 is 2.93. The molecule has 0 N–H and O–H groups in total. The average Bonchev–Trinajstić information content (AvgIpc) is 2.62. The molecule has 1 aliphatic heterocycles. The number of ether oxygens (including phenoxy) is 1. The normalized spacial score (nSPS) is 40.6. The Balaban J connectivity index is 2.93. The highest BCUT2D eigenvalue weighted by Gasteiger charge is 2.85. The monoisotopic (exact) mass is 306 g/mol. The van der Waals surface area contributed by atoms with Crippen molar-refractivity contribution in [3.8, 4) is 18.2 Å². The fourth-order valence-electron chi connectivity index (χ4n) is 3.66. The quantitative estimate of drug-likeness (QED) is 0.687. The van der Waals surface area contributed by atoms with Gasteiger partial charge in [0, 0.05) is 0 Å². The van der Waals surface area contributed by atoms with Gasteiger partial charge in [-0.05, 0) is 18.8 Å². The molecular weight excluding hydrogens is 296 g/mol. The van der Waals surface area contributed by atoms with E-state index in [9.17, 15) is 15.8 Å². The number of hydrogen-bond acceptors (Lipinski definition) is 5. The summed E-state index contributed by atoms with van der Waals surface area (Å²) in [4.78, 5) is 0. The molecule has 0 aromatic carbocycles. The van der Waals surface area contributed by atoms with Crippen LogP contribution in [-0.2, 0) is 4.74 Å². The predicted octanol–water partition coefficient (Wildman–Crippen LogP) is 2.46. The minimum Gasteiger partial charge on any atom is -0.470 e. The average molecular weight is 307 g/mol. The molecule has 0 spiro atoms. The summed E-state index contributed by atoms with van der Waals surface area (Å²) in [6.07, 6.45) is 0.459. The third kappa shape index (κ3) is 0.910. The van der Waals surface area contributed by atoms with Crippen LogP contribution in [0, 0.1) is 50.2 Å². The van der Waals surface area contributed by atoms with Crippen molar-refractivity contribution < 1.29 is 4.74 Å². The molecular formula is C12H11BrN4O. The van der Waals surface area contributed by atoms with Gasteiger partial charge in [0.15, 0.2) is 5.41 Å². The minimum atomic E-state index is -1.54. The lowest BCUT2D eigenvalue weighted by Gasteiger charge is -2.37. The highest BCUT2D eigenvalue weighted by molar-refractivity contribution is 9.08. The number of nitrogens with zero attached hydrogens (tertiary/aromatic N) is 4. The Morgan fingerprint density at radius 2 is 1.72 bits per heavy atom. The van der Waals surface area contributed by atoms with Crippen LogP contribution in [0.1, 0.15) is 27.2 Å². The van der Waals surface area contributed by atoms with Gasteiger partial charge in [0.25, 0.3) is 0 Å². The van der Waals surface area contributed by atoms with Crippen LogP contribution < -0.4 is 0 Å². The Hall–Kier alpha value is -1.58. The minimum absolute atomic E-state index is 0.131. The maximum absolute atomic E-state index is 9.66. The van der Waals surface area contributed by atoms with Crippen molar-refractivity contribution in [1.82, 2.24) is 0 Å². The second kappa shape index (κ2) is 3.25. The lowest BCUT2D eigenvalue weighted by Crippen LogP contribution is -2.47.